The monoisotopic (exact) mass is 285 g/mol. The van der Waals surface area contributed by atoms with Crippen LogP contribution in [0.5, 0.6) is 0 Å². The lowest BCUT2D eigenvalue weighted by atomic mass is 9.76. The largest absolute Gasteiger partial charge is 0.388 e. The second-order valence-electron chi connectivity index (χ2n) is 5.65. The molecule has 0 radical (unpaired) electrons. The minimum Gasteiger partial charge on any atom is -0.388 e. The predicted molar refractivity (Wildman–Crippen MR) is 75.5 cm³/mol. The minimum absolute atomic E-state index is 0.312. The number of nitrogens with two attached hydrogens (primary N) is 1. The highest BCUT2D eigenvalue weighted by molar-refractivity contribution is 6.30. The number of aliphatic hydroxyl groups is 1. The van der Waals surface area contributed by atoms with Gasteiger partial charge >= 0.3 is 0 Å². The molecule has 1 aromatic rings. The topological polar surface area (TPSA) is 46.2 Å². The number of hydrogen-bond donors (Lipinski definition) is 2. The molecule has 1 aromatic carbocycles. The maximum Gasteiger partial charge on any atom is 0.130 e. The van der Waals surface area contributed by atoms with E-state index < -0.39 is 17.3 Å². The fourth-order valence-electron chi connectivity index (χ4n) is 3.22. The van der Waals surface area contributed by atoms with Gasteiger partial charge in [-0.15, -0.1) is 0 Å². The Morgan fingerprint density at radius 2 is 2.32 bits per heavy atom. The lowest BCUT2D eigenvalue weighted by molar-refractivity contribution is 0.0275. The van der Waals surface area contributed by atoms with Crippen molar-refractivity contribution < 1.29 is 9.50 Å². The van der Waals surface area contributed by atoms with Gasteiger partial charge in [0.2, 0.25) is 0 Å². The van der Waals surface area contributed by atoms with E-state index in [9.17, 15) is 9.50 Å². The van der Waals surface area contributed by atoms with Crippen LogP contribution in [-0.4, -0.2) is 11.7 Å². The average Bonchev–Trinajstić information content (AvgIpc) is 2.83. The summed E-state index contributed by atoms with van der Waals surface area (Å²) in [6, 6.07) is 4.43. The molecular formula is C15H21ClFNO. The molecule has 19 heavy (non-hydrogen) atoms. The maximum atomic E-state index is 14.0. The summed E-state index contributed by atoms with van der Waals surface area (Å²) in [6.45, 7) is 2.53. The fourth-order valence-corrected chi connectivity index (χ4v) is 3.38. The molecule has 0 bridgehead atoms. The number of rotatable bonds is 4. The molecule has 0 amide bonds. The molecule has 2 rings (SSSR count). The molecule has 4 heteroatoms. The Morgan fingerprint density at radius 1 is 1.58 bits per heavy atom. The minimum atomic E-state index is -0.855. The number of hydrogen-bond acceptors (Lipinski definition) is 2. The predicted octanol–water partition coefficient (Wildman–Crippen LogP) is 3.67. The first-order valence-corrected chi connectivity index (χ1v) is 7.23. The Balaban J connectivity index is 2.28. The molecule has 0 heterocycles. The molecule has 3 atom stereocenters. The molecule has 0 saturated heterocycles. The number of benzene rings is 1. The van der Waals surface area contributed by atoms with Crippen LogP contribution in [0.3, 0.4) is 0 Å². The van der Waals surface area contributed by atoms with Crippen molar-refractivity contribution in [3.05, 3.63) is 34.6 Å². The zero-order chi connectivity index (χ0) is 14.0. The van der Waals surface area contributed by atoms with E-state index in [1.54, 1.807) is 12.1 Å². The van der Waals surface area contributed by atoms with Crippen LogP contribution >= 0.6 is 11.6 Å². The van der Waals surface area contributed by atoms with Crippen LogP contribution in [0.1, 0.15) is 44.3 Å². The van der Waals surface area contributed by atoms with Crippen molar-refractivity contribution >= 4 is 11.6 Å². The molecule has 3 unspecified atom stereocenters. The van der Waals surface area contributed by atoms with Gasteiger partial charge < -0.3 is 10.8 Å². The van der Waals surface area contributed by atoms with Crippen LogP contribution in [0.4, 0.5) is 4.39 Å². The normalized spacial score (nSPS) is 28.6. The molecule has 1 aliphatic rings. The second-order valence-corrected chi connectivity index (χ2v) is 6.09. The molecule has 0 aromatic heterocycles. The summed E-state index contributed by atoms with van der Waals surface area (Å²) in [5.41, 5.74) is 5.81. The molecule has 1 fully saturated rings. The van der Waals surface area contributed by atoms with Crippen LogP contribution in [-0.2, 0) is 0 Å². The van der Waals surface area contributed by atoms with Crippen molar-refractivity contribution in [2.45, 2.75) is 38.7 Å². The van der Waals surface area contributed by atoms with Crippen LogP contribution < -0.4 is 5.73 Å². The number of aliphatic hydroxyl groups excluding tert-OH is 1. The van der Waals surface area contributed by atoms with Crippen molar-refractivity contribution in [3.63, 3.8) is 0 Å². The summed E-state index contributed by atoms with van der Waals surface area (Å²) >= 11 is 5.75. The van der Waals surface area contributed by atoms with Gasteiger partial charge in [-0.25, -0.2) is 4.39 Å². The van der Waals surface area contributed by atoms with E-state index in [-0.39, 0.29) is 0 Å². The third-order valence-corrected chi connectivity index (χ3v) is 4.80. The van der Waals surface area contributed by atoms with E-state index in [1.165, 1.54) is 6.07 Å². The Morgan fingerprint density at radius 3 is 2.84 bits per heavy atom. The summed E-state index contributed by atoms with van der Waals surface area (Å²) < 4.78 is 14.0. The summed E-state index contributed by atoms with van der Waals surface area (Å²) in [5.74, 6) is 0.126. The third kappa shape index (κ3) is 2.78. The van der Waals surface area contributed by atoms with Crippen molar-refractivity contribution in [1.82, 2.24) is 0 Å². The van der Waals surface area contributed by atoms with Gasteiger partial charge in [0.25, 0.3) is 0 Å². The second kappa shape index (κ2) is 5.78. The van der Waals surface area contributed by atoms with E-state index in [4.69, 9.17) is 17.3 Å². The van der Waals surface area contributed by atoms with Crippen molar-refractivity contribution in [1.29, 1.82) is 0 Å². The summed E-state index contributed by atoms with van der Waals surface area (Å²) in [4.78, 5) is 0. The zero-order valence-electron chi connectivity index (χ0n) is 11.2. The van der Waals surface area contributed by atoms with Gasteiger partial charge in [0.15, 0.2) is 0 Å². The van der Waals surface area contributed by atoms with E-state index in [1.807, 2.05) is 0 Å². The number of halogens is 2. The van der Waals surface area contributed by atoms with Gasteiger partial charge in [-0.1, -0.05) is 31.0 Å². The molecule has 106 valence electrons. The van der Waals surface area contributed by atoms with E-state index in [0.717, 1.165) is 25.7 Å². The zero-order valence-corrected chi connectivity index (χ0v) is 12.0. The summed E-state index contributed by atoms with van der Waals surface area (Å²) in [7, 11) is 0. The van der Waals surface area contributed by atoms with Gasteiger partial charge in [-0.05, 0) is 37.3 Å². The Bertz CT molecular complexity index is 454. The summed E-state index contributed by atoms with van der Waals surface area (Å²) in [5, 5.41) is 10.9. The van der Waals surface area contributed by atoms with E-state index in [0.29, 0.717) is 23.0 Å². The first kappa shape index (κ1) is 14.8. The van der Waals surface area contributed by atoms with Crippen molar-refractivity contribution in [3.8, 4) is 0 Å². The molecule has 2 nitrogen and oxygen atoms in total. The smallest absolute Gasteiger partial charge is 0.130 e. The Labute approximate surface area is 118 Å². The van der Waals surface area contributed by atoms with Crippen molar-refractivity contribution in [2.75, 3.05) is 6.54 Å². The quantitative estimate of drug-likeness (QED) is 0.887. The molecular weight excluding hydrogens is 265 g/mol. The van der Waals surface area contributed by atoms with Gasteiger partial charge in [-0.3, -0.25) is 0 Å². The first-order chi connectivity index (χ1) is 9.02. The van der Waals surface area contributed by atoms with Gasteiger partial charge in [0, 0.05) is 22.5 Å². The van der Waals surface area contributed by atoms with Crippen LogP contribution in [0.15, 0.2) is 18.2 Å². The van der Waals surface area contributed by atoms with Gasteiger partial charge in [0.1, 0.15) is 5.82 Å². The third-order valence-electron chi connectivity index (χ3n) is 4.57. The highest BCUT2D eigenvalue weighted by Gasteiger charge is 2.44. The van der Waals surface area contributed by atoms with Crippen LogP contribution in [0, 0.1) is 17.2 Å². The lowest BCUT2D eigenvalue weighted by Gasteiger charge is -2.34. The maximum absolute atomic E-state index is 14.0. The Hall–Kier alpha value is -0.640. The molecule has 0 aliphatic heterocycles. The van der Waals surface area contributed by atoms with Gasteiger partial charge in [0.05, 0.1) is 6.10 Å². The van der Waals surface area contributed by atoms with Crippen molar-refractivity contribution in [2.24, 2.45) is 17.1 Å². The average molecular weight is 286 g/mol. The fraction of sp³-hybridized carbons (Fsp3) is 0.600. The SMILES string of the molecule is CCC1CCC(CN)(C(O)c2ccc(Cl)cc2F)C1. The highest BCUT2D eigenvalue weighted by atomic mass is 35.5. The van der Waals surface area contributed by atoms with E-state index >= 15 is 0 Å². The standard InChI is InChI=1S/C15H21ClFNO/c1-2-10-5-6-15(8-10,9-18)14(19)12-4-3-11(16)7-13(12)17/h3-4,7,10,14,19H,2,5-6,8-9,18H2,1H3. The summed E-state index contributed by atoms with van der Waals surface area (Å²) in [6.07, 6.45) is 3.00. The molecule has 0 spiro atoms. The van der Waals surface area contributed by atoms with Gasteiger partial charge in [-0.2, -0.15) is 0 Å². The molecule has 1 aliphatic carbocycles. The first-order valence-electron chi connectivity index (χ1n) is 6.85. The Kier molecular flexibility index (Phi) is 4.49. The van der Waals surface area contributed by atoms with Crippen LogP contribution in [0.2, 0.25) is 5.02 Å². The molecule has 1 saturated carbocycles. The molecule has 3 N–H and O–H groups in total. The van der Waals surface area contributed by atoms with Crippen LogP contribution in [0.25, 0.3) is 0 Å². The van der Waals surface area contributed by atoms with E-state index in [2.05, 4.69) is 6.92 Å². The highest BCUT2D eigenvalue weighted by Crippen LogP contribution is 2.50. The lowest BCUT2D eigenvalue weighted by Crippen LogP contribution is -2.35.